The van der Waals surface area contributed by atoms with Crippen molar-refractivity contribution < 1.29 is 38.2 Å². The number of hydrogen-bond acceptors (Lipinski definition) is 10. The van der Waals surface area contributed by atoms with E-state index in [-0.39, 0.29) is 25.2 Å². The zero-order valence-corrected chi connectivity index (χ0v) is 30.6. The number of carbonyl (C=O) groups is 5. The van der Waals surface area contributed by atoms with Crippen molar-refractivity contribution in [2.45, 2.75) is 136 Å². The van der Waals surface area contributed by atoms with E-state index in [9.17, 15) is 24.0 Å². The molecule has 1 aromatic heterocycles. The SMILES string of the molecule is CC(C)(C)OC(=O)CC[C@H](NC(=O)N[C@@H](CCCCNC(=O)[C@@H](N)Cc1csc2ccccc12)C(=O)OC(C)(C)C)C(=O)OC(C)(C)C. The minimum absolute atomic E-state index is 0.0706. The Balaban J connectivity index is 1.97. The summed E-state index contributed by atoms with van der Waals surface area (Å²) in [5.41, 5.74) is 4.87. The third-order valence-corrected chi connectivity index (χ3v) is 7.62. The van der Waals surface area contributed by atoms with Gasteiger partial charge in [-0.05, 0) is 117 Å². The first kappa shape index (κ1) is 40.5. The van der Waals surface area contributed by atoms with E-state index in [0.717, 1.165) is 15.6 Å². The number of thiophene rings is 1. The number of nitrogens with one attached hydrogen (secondary N) is 3. The highest BCUT2D eigenvalue weighted by Gasteiger charge is 2.31. The van der Waals surface area contributed by atoms with Crippen molar-refractivity contribution >= 4 is 51.3 Å². The van der Waals surface area contributed by atoms with E-state index in [1.807, 2.05) is 29.6 Å². The summed E-state index contributed by atoms with van der Waals surface area (Å²) in [7, 11) is 0. The van der Waals surface area contributed by atoms with Gasteiger partial charge in [0, 0.05) is 17.7 Å². The van der Waals surface area contributed by atoms with Gasteiger partial charge in [0.15, 0.2) is 0 Å². The summed E-state index contributed by atoms with van der Waals surface area (Å²) in [4.78, 5) is 64.1. The molecule has 268 valence electrons. The first-order chi connectivity index (χ1) is 22.1. The van der Waals surface area contributed by atoms with Crippen LogP contribution in [0, 0.1) is 0 Å². The fraction of sp³-hybridized carbons (Fsp3) is 0.629. The Morgan fingerprint density at radius 1 is 0.771 bits per heavy atom. The number of hydrogen-bond donors (Lipinski definition) is 4. The number of esters is 3. The topological polar surface area (TPSA) is 175 Å². The molecule has 0 bridgehead atoms. The molecule has 0 radical (unpaired) electrons. The summed E-state index contributed by atoms with van der Waals surface area (Å²) >= 11 is 1.61. The minimum atomic E-state index is -1.18. The molecule has 48 heavy (non-hydrogen) atoms. The summed E-state index contributed by atoms with van der Waals surface area (Å²) in [6, 6.07) is 4.25. The molecular weight excluding hydrogens is 636 g/mol. The zero-order chi connectivity index (χ0) is 36.3. The third-order valence-electron chi connectivity index (χ3n) is 6.61. The highest BCUT2D eigenvalue weighted by atomic mass is 32.1. The van der Waals surface area contributed by atoms with E-state index in [1.54, 1.807) is 73.7 Å². The molecule has 12 nitrogen and oxygen atoms in total. The maximum absolute atomic E-state index is 13.1. The van der Waals surface area contributed by atoms with Crippen LogP contribution < -0.4 is 21.7 Å². The molecule has 0 fully saturated rings. The number of rotatable bonds is 15. The van der Waals surface area contributed by atoms with E-state index >= 15 is 0 Å². The minimum Gasteiger partial charge on any atom is -0.460 e. The molecule has 2 aromatic rings. The van der Waals surface area contributed by atoms with Gasteiger partial charge >= 0.3 is 23.9 Å². The lowest BCUT2D eigenvalue weighted by atomic mass is 10.0. The molecule has 0 saturated heterocycles. The second-order valence-corrected chi connectivity index (χ2v) is 15.7. The number of benzene rings is 1. The normalized spacial score (nSPS) is 14.0. The fourth-order valence-corrected chi connectivity index (χ4v) is 5.57. The second-order valence-electron chi connectivity index (χ2n) is 14.8. The second kappa shape index (κ2) is 17.6. The van der Waals surface area contributed by atoms with Crippen LogP contribution in [-0.2, 0) is 39.8 Å². The maximum Gasteiger partial charge on any atom is 0.329 e. The summed E-state index contributed by atoms with van der Waals surface area (Å²) in [6.45, 7) is 15.7. The van der Waals surface area contributed by atoms with Crippen LogP contribution in [0.4, 0.5) is 4.79 Å². The summed E-state index contributed by atoms with van der Waals surface area (Å²) in [5.74, 6) is -2.17. The van der Waals surface area contributed by atoms with E-state index < -0.39 is 58.9 Å². The number of carbonyl (C=O) groups excluding carboxylic acids is 5. The third kappa shape index (κ3) is 15.5. The Bertz CT molecular complexity index is 1400. The van der Waals surface area contributed by atoms with E-state index in [1.165, 1.54) is 0 Å². The average molecular weight is 691 g/mol. The largest absolute Gasteiger partial charge is 0.460 e. The first-order valence-corrected chi connectivity index (χ1v) is 17.2. The molecule has 0 aliphatic heterocycles. The molecule has 3 amide bonds. The van der Waals surface area contributed by atoms with Crippen molar-refractivity contribution in [1.82, 2.24) is 16.0 Å². The molecular formula is C35H54N4O8S. The van der Waals surface area contributed by atoms with Crippen molar-refractivity contribution in [2.24, 2.45) is 5.73 Å². The zero-order valence-electron chi connectivity index (χ0n) is 29.8. The Hall–Kier alpha value is -3.71. The Kier molecular flexibility index (Phi) is 14.9. The van der Waals surface area contributed by atoms with E-state index in [2.05, 4.69) is 16.0 Å². The molecule has 5 N–H and O–H groups in total. The summed E-state index contributed by atoms with van der Waals surface area (Å²) < 4.78 is 17.5. The number of urea groups is 1. The van der Waals surface area contributed by atoms with E-state index in [0.29, 0.717) is 25.8 Å². The Labute approximate surface area is 288 Å². The predicted molar refractivity (Wildman–Crippen MR) is 186 cm³/mol. The predicted octanol–water partition coefficient (Wildman–Crippen LogP) is 4.90. The standard InChI is InChI=1S/C35H54N4O8S/c1-33(2,3)45-28(40)18-17-26(31(43)47-35(7,8)9)39-32(44)38-25(30(42)46-34(4,5)6)15-12-13-19-37-29(41)24(36)20-22-21-48-27-16-11-10-14-23(22)27/h10-11,14,16,21,24-26H,12-13,15,17-20,36H2,1-9H3,(H,37,41)(H2,38,39,44)/t24-,25-,26-/m0/s1. The molecule has 3 atom stereocenters. The van der Waals surface area contributed by atoms with Crippen LogP contribution in [0.3, 0.4) is 0 Å². The lowest BCUT2D eigenvalue weighted by Gasteiger charge is -2.27. The lowest BCUT2D eigenvalue weighted by Crippen LogP contribution is -2.53. The van der Waals surface area contributed by atoms with Crippen LogP contribution in [0.2, 0.25) is 0 Å². The number of ether oxygens (including phenoxy) is 3. The average Bonchev–Trinajstić information content (AvgIpc) is 3.34. The van der Waals surface area contributed by atoms with Gasteiger partial charge < -0.3 is 35.9 Å². The van der Waals surface area contributed by atoms with Gasteiger partial charge in [-0.1, -0.05) is 18.2 Å². The maximum atomic E-state index is 13.1. The quantitative estimate of drug-likeness (QED) is 0.115. The molecule has 0 aliphatic carbocycles. The molecule has 1 heterocycles. The van der Waals surface area contributed by atoms with Gasteiger partial charge in [-0.25, -0.2) is 14.4 Å². The monoisotopic (exact) mass is 690 g/mol. The number of unbranched alkanes of at least 4 members (excludes halogenated alkanes) is 1. The van der Waals surface area contributed by atoms with Gasteiger partial charge in [-0.2, -0.15) is 0 Å². The molecule has 0 spiro atoms. The molecule has 0 saturated carbocycles. The van der Waals surface area contributed by atoms with Crippen LogP contribution >= 0.6 is 11.3 Å². The van der Waals surface area contributed by atoms with Crippen molar-refractivity contribution in [3.8, 4) is 0 Å². The van der Waals surface area contributed by atoms with Crippen LogP contribution in [0.5, 0.6) is 0 Å². The Morgan fingerprint density at radius 3 is 1.88 bits per heavy atom. The lowest BCUT2D eigenvalue weighted by molar-refractivity contribution is -0.159. The van der Waals surface area contributed by atoms with Gasteiger partial charge in [0.05, 0.1) is 6.04 Å². The summed E-state index contributed by atoms with van der Waals surface area (Å²) in [5, 5.41) is 11.1. The number of amides is 3. The fourth-order valence-electron chi connectivity index (χ4n) is 4.59. The van der Waals surface area contributed by atoms with Crippen molar-refractivity contribution in [1.29, 1.82) is 0 Å². The molecule has 1 aromatic carbocycles. The molecule has 2 rings (SSSR count). The van der Waals surface area contributed by atoms with Gasteiger partial charge in [-0.15, -0.1) is 11.3 Å². The van der Waals surface area contributed by atoms with Crippen LogP contribution in [0.1, 0.15) is 100.0 Å². The highest BCUT2D eigenvalue weighted by Crippen LogP contribution is 2.26. The smallest absolute Gasteiger partial charge is 0.329 e. The van der Waals surface area contributed by atoms with Crippen molar-refractivity contribution in [3.05, 3.63) is 35.2 Å². The van der Waals surface area contributed by atoms with Gasteiger partial charge in [0.2, 0.25) is 5.91 Å². The molecule has 0 aliphatic rings. The van der Waals surface area contributed by atoms with Gasteiger partial charge in [0.1, 0.15) is 28.9 Å². The van der Waals surface area contributed by atoms with Crippen molar-refractivity contribution in [3.63, 3.8) is 0 Å². The Morgan fingerprint density at radius 2 is 1.31 bits per heavy atom. The van der Waals surface area contributed by atoms with Crippen LogP contribution in [-0.4, -0.2) is 71.3 Å². The number of fused-ring (bicyclic) bond motifs is 1. The van der Waals surface area contributed by atoms with Crippen molar-refractivity contribution in [2.75, 3.05) is 6.54 Å². The van der Waals surface area contributed by atoms with Crippen LogP contribution in [0.15, 0.2) is 29.6 Å². The van der Waals surface area contributed by atoms with E-state index in [4.69, 9.17) is 19.9 Å². The first-order valence-electron chi connectivity index (χ1n) is 16.4. The van der Waals surface area contributed by atoms with Crippen LogP contribution in [0.25, 0.3) is 10.1 Å². The molecule has 13 heteroatoms. The molecule has 0 unspecified atom stereocenters. The summed E-state index contributed by atoms with van der Waals surface area (Å²) in [6.07, 6.45) is 1.38. The number of nitrogens with two attached hydrogens (primary N) is 1. The van der Waals surface area contributed by atoms with Gasteiger partial charge in [-0.3, -0.25) is 9.59 Å². The van der Waals surface area contributed by atoms with Gasteiger partial charge in [0.25, 0.3) is 0 Å². The highest BCUT2D eigenvalue weighted by molar-refractivity contribution is 7.17.